The summed E-state index contributed by atoms with van der Waals surface area (Å²) in [5.41, 5.74) is 2.34. The molecule has 13 heavy (non-hydrogen) atoms. The average molecular weight is 168 g/mol. The van der Waals surface area contributed by atoms with E-state index in [1.165, 1.54) is 16.3 Å². The van der Waals surface area contributed by atoms with Crippen molar-refractivity contribution in [3.05, 3.63) is 54.6 Å². The first kappa shape index (κ1) is 8.06. The van der Waals surface area contributed by atoms with Gasteiger partial charge in [0.1, 0.15) is 0 Å². The minimum Gasteiger partial charge on any atom is -0.0955 e. The minimum atomic E-state index is 1.12. The molecule has 0 aliphatic rings. The normalized spacial score (nSPS) is 10.2. The van der Waals surface area contributed by atoms with Crippen molar-refractivity contribution < 1.29 is 0 Å². The molecule has 0 radical (unpaired) electrons. The van der Waals surface area contributed by atoms with Gasteiger partial charge in [-0.15, -0.1) is 0 Å². The van der Waals surface area contributed by atoms with Gasteiger partial charge < -0.3 is 0 Å². The smallest absolute Gasteiger partial charge is 0.0178 e. The Morgan fingerprint density at radius 3 is 2.38 bits per heavy atom. The zero-order chi connectivity index (χ0) is 9.26. The summed E-state index contributed by atoms with van der Waals surface area (Å²) in [5.74, 6) is 0. The van der Waals surface area contributed by atoms with E-state index in [0.717, 1.165) is 5.57 Å². The second-order valence-corrected chi connectivity index (χ2v) is 3.34. The van der Waals surface area contributed by atoms with E-state index in [4.69, 9.17) is 0 Å². The van der Waals surface area contributed by atoms with E-state index in [2.05, 4.69) is 49.0 Å². The molecule has 0 aromatic heterocycles. The number of benzene rings is 2. The van der Waals surface area contributed by atoms with Crippen LogP contribution in [-0.2, 0) is 0 Å². The fourth-order valence-corrected chi connectivity index (χ4v) is 1.45. The summed E-state index contributed by atoms with van der Waals surface area (Å²) >= 11 is 0. The lowest BCUT2D eigenvalue weighted by molar-refractivity contribution is 1.62. The Hall–Kier alpha value is -1.56. The van der Waals surface area contributed by atoms with Crippen LogP contribution in [0.5, 0.6) is 0 Å². The van der Waals surface area contributed by atoms with E-state index in [1.807, 2.05) is 6.92 Å². The first-order valence-electron chi connectivity index (χ1n) is 4.42. The van der Waals surface area contributed by atoms with Crippen molar-refractivity contribution in [3.63, 3.8) is 0 Å². The molecule has 0 aliphatic carbocycles. The molecule has 0 heteroatoms. The molecule has 0 unspecified atom stereocenters. The number of fused-ring (bicyclic) bond motifs is 1. The van der Waals surface area contributed by atoms with E-state index in [1.54, 1.807) is 0 Å². The predicted molar refractivity (Wildman–Crippen MR) is 58.7 cm³/mol. The third kappa shape index (κ3) is 1.48. The summed E-state index contributed by atoms with van der Waals surface area (Å²) in [4.78, 5) is 0. The maximum atomic E-state index is 3.93. The number of allylic oxidation sites excluding steroid dienone is 1. The van der Waals surface area contributed by atoms with E-state index in [9.17, 15) is 0 Å². The van der Waals surface area contributed by atoms with Crippen LogP contribution in [0.3, 0.4) is 0 Å². The Balaban J connectivity index is 2.69. The van der Waals surface area contributed by atoms with Gasteiger partial charge in [-0.25, -0.2) is 0 Å². The molecule has 0 aliphatic heterocycles. The highest BCUT2D eigenvalue weighted by atomic mass is 14.0. The Labute approximate surface area is 78.5 Å². The van der Waals surface area contributed by atoms with E-state index >= 15 is 0 Å². The molecule has 64 valence electrons. The highest BCUT2D eigenvalue weighted by Crippen LogP contribution is 2.19. The third-order valence-electron chi connectivity index (χ3n) is 2.24. The van der Waals surface area contributed by atoms with Crippen molar-refractivity contribution in [1.82, 2.24) is 0 Å². The topological polar surface area (TPSA) is 0 Å². The lowest BCUT2D eigenvalue weighted by Gasteiger charge is -2.01. The summed E-state index contributed by atoms with van der Waals surface area (Å²) in [5, 5.41) is 2.57. The van der Waals surface area contributed by atoms with Crippen LogP contribution in [0.15, 0.2) is 49.0 Å². The van der Waals surface area contributed by atoms with Crippen LogP contribution >= 0.6 is 0 Å². The zero-order valence-electron chi connectivity index (χ0n) is 7.75. The number of rotatable bonds is 1. The Kier molecular flexibility index (Phi) is 1.90. The Morgan fingerprint density at radius 2 is 1.69 bits per heavy atom. The molecule has 0 nitrogen and oxygen atoms in total. The molecule has 0 saturated carbocycles. The second-order valence-electron chi connectivity index (χ2n) is 3.34. The maximum Gasteiger partial charge on any atom is -0.0178 e. The quantitative estimate of drug-likeness (QED) is 0.606. The minimum absolute atomic E-state index is 1.12. The lowest BCUT2D eigenvalue weighted by atomic mass is 10.0. The summed E-state index contributed by atoms with van der Waals surface area (Å²) in [6.45, 7) is 5.96. The molecule has 0 fully saturated rings. The predicted octanol–water partition coefficient (Wildman–Crippen LogP) is 3.87. The maximum absolute atomic E-state index is 3.93. The highest BCUT2D eigenvalue weighted by molar-refractivity contribution is 5.85. The summed E-state index contributed by atoms with van der Waals surface area (Å²) < 4.78 is 0. The van der Waals surface area contributed by atoms with Crippen LogP contribution in [-0.4, -0.2) is 0 Å². The van der Waals surface area contributed by atoms with Crippen molar-refractivity contribution in [2.24, 2.45) is 0 Å². The van der Waals surface area contributed by atoms with Gasteiger partial charge in [0, 0.05) is 0 Å². The van der Waals surface area contributed by atoms with Crippen molar-refractivity contribution in [3.8, 4) is 0 Å². The van der Waals surface area contributed by atoms with Gasteiger partial charge in [-0.2, -0.15) is 0 Å². The molecule has 2 aromatic carbocycles. The standard InChI is InChI=1S/C13H12/c1-10(2)12-8-7-11-5-3-4-6-13(11)9-12/h3-9H,1H2,2H3. The summed E-state index contributed by atoms with van der Waals surface area (Å²) in [6, 6.07) is 14.8. The molecule has 2 aromatic rings. The van der Waals surface area contributed by atoms with Crippen LogP contribution in [0.25, 0.3) is 16.3 Å². The van der Waals surface area contributed by atoms with Crippen LogP contribution in [0, 0.1) is 0 Å². The zero-order valence-corrected chi connectivity index (χ0v) is 7.75. The molecular formula is C13H12. The largest absolute Gasteiger partial charge is 0.0955 e. The Bertz CT molecular complexity index is 452. The van der Waals surface area contributed by atoms with Crippen LogP contribution in [0.2, 0.25) is 0 Å². The summed E-state index contributed by atoms with van der Waals surface area (Å²) in [7, 11) is 0. The third-order valence-corrected chi connectivity index (χ3v) is 2.24. The lowest BCUT2D eigenvalue weighted by Crippen LogP contribution is -1.78. The van der Waals surface area contributed by atoms with Gasteiger partial charge >= 0.3 is 0 Å². The molecule has 0 N–H and O–H groups in total. The van der Waals surface area contributed by atoms with Gasteiger partial charge in [0.25, 0.3) is 0 Å². The van der Waals surface area contributed by atoms with Gasteiger partial charge in [-0.1, -0.05) is 48.6 Å². The van der Waals surface area contributed by atoms with Crippen molar-refractivity contribution in [1.29, 1.82) is 0 Å². The van der Waals surface area contributed by atoms with Crippen molar-refractivity contribution in [2.75, 3.05) is 0 Å². The van der Waals surface area contributed by atoms with E-state index < -0.39 is 0 Å². The van der Waals surface area contributed by atoms with Gasteiger partial charge in [-0.3, -0.25) is 0 Å². The second kappa shape index (κ2) is 3.06. The first-order valence-corrected chi connectivity index (χ1v) is 4.42. The van der Waals surface area contributed by atoms with Gasteiger partial charge in [-0.05, 0) is 29.3 Å². The number of hydrogen-bond acceptors (Lipinski definition) is 0. The number of hydrogen-bond donors (Lipinski definition) is 0. The molecule has 0 saturated heterocycles. The molecule has 2 rings (SSSR count). The van der Waals surface area contributed by atoms with Gasteiger partial charge in [0.15, 0.2) is 0 Å². The molecule has 0 amide bonds. The van der Waals surface area contributed by atoms with E-state index in [0.29, 0.717) is 0 Å². The molecule has 0 spiro atoms. The van der Waals surface area contributed by atoms with E-state index in [-0.39, 0.29) is 0 Å². The molecule has 0 atom stereocenters. The van der Waals surface area contributed by atoms with Crippen molar-refractivity contribution >= 4 is 16.3 Å². The average Bonchev–Trinajstić information content (AvgIpc) is 2.17. The SMILES string of the molecule is C=C(C)c1ccc2ccccc2c1. The fourth-order valence-electron chi connectivity index (χ4n) is 1.45. The van der Waals surface area contributed by atoms with Gasteiger partial charge in [0.2, 0.25) is 0 Å². The van der Waals surface area contributed by atoms with Gasteiger partial charge in [0.05, 0.1) is 0 Å². The Morgan fingerprint density at radius 1 is 1.00 bits per heavy atom. The van der Waals surface area contributed by atoms with Crippen LogP contribution < -0.4 is 0 Å². The highest BCUT2D eigenvalue weighted by Gasteiger charge is 1.95. The van der Waals surface area contributed by atoms with Crippen LogP contribution in [0.1, 0.15) is 12.5 Å². The fraction of sp³-hybridized carbons (Fsp3) is 0.0769. The first-order chi connectivity index (χ1) is 6.27. The van der Waals surface area contributed by atoms with Crippen molar-refractivity contribution in [2.45, 2.75) is 6.92 Å². The molecule has 0 heterocycles. The molecule has 0 bridgehead atoms. The molecular weight excluding hydrogens is 156 g/mol. The monoisotopic (exact) mass is 168 g/mol. The summed E-state index contributed by atoms with van der Waals surface area (Å²) in [6.07, 6.45) is 0. The van der Waals surface area contributed by atoms with Crippen LogP contribution in [0.4, 0.5) is 0 Å².